The molecule has 0 aromatic carbocycles. The van der Waals surface area contributed by atoms with E-state index in [4.69, 9.17) is 0 Å². The number of rotatable bonds is 7. The number of aliphatic hydroxyl groups is 1. The minimum atomic E-state index is -1.09. The third-order valence-corrected chi connectivity index (χ3v) is 11.2. The summed E-state index contributed by atoms with van der Waals surface area (Å²) < 4.78 is 1.62. The SMILES string of the molecule is C[C@H](CC1CCCCC1)C(=O)N1CC[C@](O)(Cn2cc(C(=O)N3CCNCC3)c(C3CC3)cc2=O)C2(CCCC2)C1. The van der Waals surface area contributed by atoms with Crippen LogP contribution in [0, 0.1) is 17.3 Å². The molecule has 0 unspecified atom stereocenters. The maximum atomic E-state index is 13.7. The summed E-state index contributed by atoms with van der Waals surface area (Å²) in [5.74, 6) is 1.19. The standard InChI is InChI=1S/C33H50N4O4/c1-24(19-25-7-3-2-4-8-25)30(39)36-16-13-33(41,32(22-36)11-5-6-12-32)23-37-21-28(27(20-29(37)38)26-9-10-26)31(40)35-17-14-34-15-18-35/h20-21,24-26,34,41H,2-19,22-23H2,1H3/t24-,33+/m1/s1. The van der Waals surface area contributed by atoms with Gasteiger partial charge in [-0.05, 0) is 55.9 Å². The van der Waals surface area contributed by atoms with E-state index in [9.17, 15) is 19.5 Å². The van der Waals surface area contributed by atoms with E-state index in [2.05, 4.69) is 12.2 Å². The molecule has 1 aromatic rings. The summed E-state index contributed by atoms with van der Waals surface area (Å²) in [6.07, 6.45) is 15.4. The van der Waals surface area contributed by atoms with Crippen molar-refractivity contribution in [2.24, 2.45) is 17.3 Å². The highest BCUT2D eigenvalue weighted by molar-refractivity contribution is 5.95. The van der Waals surface area contributed by atoms with Crippen LogP contribution in [0.1, 0.15) is 112 Å². The van der Waals surface area contributed by atoms with Gasteiger partial charge in [-0.25, -0.2) is 0 Å². The van der Waals surface area contributed by atoms with Gasteiger partial charge in [0.2, 0.25) is 5.91 Å². The van der Waals surface area contributed by atoms with Crippen LogP contribution in [0.15, 0.2) is 17.1 Å². The lowest BCUT2D eigenvalue weighted by molar-refractivity contribution is -0.163. The Bertz CT molecular complexity index is 1170. The molecule has 1 spiro atoms. The normalized spacial score (nSPS) is 27.8. The zero-order chi connectivity index (χ0) is 28.6. The van der Waals surface area contributed by atoms with Crippen molar-refractivity contribution in [2.75, 3.05) is 39.3 Å². The average molecular weight is 567 g/mol. The highest BCUT2D eigenvalue weighted by atomic mass is 16.3. The van der Waals surface area contributed by atoms with E-state index in [0.29, 0.717) is 44.1 Å². The molecule has 3 saturated carbocycles. The Balaban J connectivity index is 1.22. The Morgan fingerprint density at radius 2 is 1.68 bits per heavy atom. The number of nitrogens with one attached hydrogen (secondary N) is 1. The van der Waals surface area contributed by atoms with Gasteiger partial charge in [0.25, 0.3) is 11.5 Å². The summed E-state index contributed by atoms with van der Waals surface area (Å²) in [7, 11) is 0. The molecule has 2 amide bonds. The maximum absolute atomic E-state index is 13.7. The van der Waals surface area contributed by atoms with Gasteiger partial charge in [-0.3, -0.25) is 14.4 Å². The Morgan fingerprint density at radius 1 is 0.976 bits per heavy atom. The summed E-state index contributed by atoms with van der Waals surface area (Å²) in [5.41, 5.74) is -0.132. The average Bonchev–Trinajstić information content (AvgIpc) is 3.73. The minimum Gasteiger partial charge on any atom is -0.387 e. The van der Waals surface area contributed by atoms with Crippen molar-refractivity contribution in [3.8, 4) is 0 Å². The van der Waals surface area contributed by atoms with Crippen LogP contribution < -0.4 is 10.9 Å². The van der Waals surface area contributed by atoms with Crippen molar-refractivity contribution >= 4 is 11.8 Å². The van der Waals surface area contributed by atoms with E-state index in [0.717, 1.165) is 63.6 Å². The fourth-order valence-corrected chi connectivity index (χ4v) is 8.56. The molecule has 8 nitrogen and oxygen atoms in total. The Labute approximate surface area is 244 Å². The summed E-state index contributed by atoms with van der Waals surface area (Å²) >= 11 is 0. The molecule has 5 fully saturated rings. The zero-order valence-electron chi connectivity index (χ0n) is 25.0. The second kappa shape index (κ2) is 11.8. The number of nitrogens with zero attached hydrogens (tertiary/aromatic N) is 3. The van der Waals surface area contributed by atoms with Crippen molar-refractivity contribution in [2.45, 2.75) is 108 Å². The van der Waals surface area contributed by atoms with E-state index in [1.165, 1.54) is 32.1 Å². The number of hydrogen-bond donors (Lipinski definition) is 2. The fourth-order valence-electron chi connectivity index (χ4n) is 8.56. The summed E-state index contributed by atoms with van der Waals surface area (Å²) in [5, 5.41) is 15.7. The van der Waals surface area contributed by atoms with Crippen molar-refractivity contribution < 1.29 is 14.7 Å². The van der Waals surface area contributed by atoms with Gasteiger partial charge in [0.05, 0.1) is 17.7 Å². The molecule has 3 heterocycles. The number of carbonyl (C=O) groups is 2. The van der Waals surface area contributed by atoms with Gasteiger partial charge in [0, 0.05) is 62.9 Å². The van der Waals surface area contributed by atoms with Crippen LogP contribution in [-0.4, -0.2) is 76.2 Å². The molecule has 5 aliphatic rings. The molecule has 41 heavy (non-hydrogen) atoms. The topological polar surface area (TPSA) is 94.9 Å². The van der Waals surface area contributed by atoms with Crippen LogP contribution in [0.5, 0.6) is 0 Å². The molecule has 8 heteroatoms. The summed E-state index contributed by atoms with van der Waals surface area (Å²) in [6.45, 7) is 6.25. The molecule has 2 atom stereocenters. The summed E-state index contributed by atoms with van der Waals surface area (Å²) in [4.78, 5) is 44.7. The van der Waals surface area contributed by atoms with Gasteiger partial charge in [-0.15, -0.1) is 0 Å². The largest absolute Gasteiger partial charge is 0.387 e. The van der Waals surface area contributed by atoms with Crippen LogP contribution >= 0.6 is 0 Å². The van der Waals surface area contributed by atoms with Crippen LogP contribution in [0.3, 0.4) is 0 Å². The lowest BCUT2D eigenvalue weighted by Gasteiger charge is -2.53. The number of likely N-dealkylation sites (tertiary alicyclic amines) is 1. The predicted molar refractivity (Wildman–Crippen MR) is 159 cm³/mol. The molecule has 226 valence electrons. The first kappa shape index (κ1) is 28.9. The quantitative estimate of drug-likeness (QED) is 0.522. The van der Waals surface area contributed by atoms with E-state index in [1.54, 1.807) is 16.8 Å². The highest BCUT2D eigenvalue weighted by Crippen LogP contribution is 2.52. The van der Waals surface area contributed by atoms with Crippen LogP contribution in [0.4, 0.5) is 0 Å². The fraction of sp³-hybridized carbons (Fsp3) is 0.788. The molecule has 6 rings (SSSR count). The minimum absolute atomic E-state index is 0.00270. The maximum Gasteiger partial charge on any atom is 0.255 e. The first-order valence-corrected chi connectivity index (χ1v) is 16.5. The Kier molecular flexibility index (Phi) is 8.34. The van der Waals surface area contributed by atoms with Gasteiger partial charge in [0.1, 0.15) is 0 Å². The number of piperazine rings is 1. The van der Waals surface area contributed by atoms with E-state index in [-0.39, 0.29) is 35.8 Å². The van der Waals surface area contributed by atoms with Crippen LogP contribution in [0.25, 0.3) is 0 Å². The van der Waals surface area contributed by atoms with Gasteiger partial charge >= 0.3 is 0 Å². The molecular weight excluding hydrogens is 516 g/mol. The lowest BCUT2D eigenvalue weighted by atomic mass is 9.65. The van der Waals surface area contributed by atoms with Gasteiger partial charge in [0.15, 0.2) is 0 Å². The molecule has 2 saturated heterocycles. The number of carbonyl (C=O) groups excluding carboxylic acids is 2. The number of hydrogen-bond acceptors (Lipinski definition) is 5. The molecule has 1 aromatic heterocycles. The van der Waals surface area contributed by atoms with E-state index >= 15 is 0 Å². The molecular formula is C33H50N4O4. The van der Waals surface area contributed by atoms with E-state index in [1.807, 2.05) is 9.80 Å². The Morgan fingerprint density at radius 3 is 2.37 bits per heavy atom. The number of aromatic nitrogens is 1. The first-order chi connectivity index (χ1) is 19.8. The molecule has 2 aliphatic heterocycles. The highest BCUT2D eigenvalue weighted by Gasteiger charge is 2.56. The Hall–Kier alpha value is -2.19. The predicted octanol–water partition coefficient (Wildman–Crippen LogP) is 3.90. The molecule has 2 N–H and O–H groups in total. The van der Waals surface area contributed by atoms with Crippen molar-refractivity contribution in [3.63, 3.8) is 0 Å². The third kappa shape index (κ3) is 5.88. The van der Waals surface area contributed by atoms with Gasteiger partial charge < -0.3 is 24.8 Å². The molecule has 3 aliphatic carbocycles. The van der Waals surface area contributed by atoms with Crippen molar-refractivity contribution in [3.05, 3.63) is 33.7 Å². The third-order valence-electron chi connectivity index (χ3n) is 11.2. The van der Waals surface area contributed by atoms with Crippen LogP contribution in [0.2, 0.25) is 0 Å². The zero-order valence-corrected chi connectivity index (χ0v) is 25.0. The second-order valence-corrected chi connectivity index (χ2v) is 14.1. The van der Waals surface area contributed by atoms with Crippen molar-refractivity contribution in [1.82, 2.24) is 19.7 Å². The first-order valence-electron chi connectivity index (χ1n) is 16.5. The number of amides is 2. The number of pyridine rings is 1. The van der Waals surface area contributed by atoms with Gasteiger partial charge in [-0.1, -0.05) is 51.9 Å². The second-order valence-electron chi connectivity index (χ2n) is 14.1. The smallest absolute Gasteiger partial charge is 0.255 e. The monoisotopic (exact) mass is 566 g/mol. The van der Waals surface area contributed by atoms with E-state index < -0.39 is 11.0 Å². The van der Waals surface area contributed by atoms with Gasteiger partial charge in [-0.2, -0.15) is 0 Å². The van der Waals surface area contributed by atoms with Crippen LogP contribution in [-0.2, 0) is 11.3 Å². The van der Waals surface area contributed by atoms with Crippen molar-refractivity contribution in [1.29, 1.82) is 0 Å². The summed E-state index contributed by atoms with van der Waals surface area (Å²) in [6, 6.07) is 1.67. The lowest BCUT2D eigenvalue weighted by Crippen LogP contribution is -2.62. The molecule has 0 radical (unpaired) electrons. The molecule has 0 bridgehead atoms. The number of piperidine rings is 1.